The third kappa shape index (κ3) is 3.23. The highest BCUT2D eigenvalue weighted by atomic mass is 79.9. The van der Waals surface area contributed by atoms with Crippen LogP contribution in [0.25, 0.3) is 0 Å². The molecule has 0 bridgehead atoms. The van der Waals surface area contributed by atoms with E-state index < -0.39 is 0 Å². The molecule has 0 saturated heterocycles. The fourth-order valence-electron chi connectivity index (χ4n) is 1.68. The van der Waals surface area contributed by atoms with Crippen LogP contribution in [-0.2, 0) is 6.54 Å². The van der Waals surface area contributed by atoms with Crippen LogP contribution in [0.5, 0.6) is 5.88 Å². The van der Waals surface area contributed by atoms with Gasteiger partial charge in [-0.1, -0.05) is 0 Å². The van der Waals surface area contributed by atoms with Gasteiger partial charge >= 0.3 is 0 Å². The fraction of sp³-hybridized carbons (Fsp3) is 0.417. The van der Waals surface area contributed by atoms with Gasteiger partial charge < -0.3 is 10.1 Å². The summed E-state index contributed by atoms with van der Waals surface area (Å²) in [4.78, 5) is 8.50. The normalized spacial score (nSPS) is 10.5. The van der Waals surface area contributed by atoms with Crippen molar-refractivity contribution >= 4 is 21.9 Å². The largest absolute Gasteiger partial charge is 0.477 e. The molecule has 2 aromatic heterocycles. The third-order valence-electron chi connectivity index (χ3n) is 2.70. The zero-order valence-electron chi connectivity index (χ0n) is 11.1. The van der Waals surface area contributed by atoms with E-state index in [-0.39, 0.29) is 0 Å². The molecule has 0 amide bonds. The van der Waals surface area contributed by atoms with E-state index in [0.717, 1.165) is 21.4 Å². The van der Waals surface area contributed by atoms with Gasteiger partial charge in [-0.3, -0.25) is 5.10 Å². The van der Waals surface area contributed by atoms with Crippen molar-refractivity contribution in [1.82, 2.24) is 20.2 Å². The Morgan fingerprint density at radius 2 is 2.21 bits per heavy atom. The van der Waals surface area contributed by atoms with Crippen molar-refractivity contribution in [3.05, 3.63) is 27.6 Å². The topological polar surface area (TPSA) is 75.7 Å². The highest BCUT2D eigenvalue weighted by Gasteiger charge is 2.09. The van der Waals surface area contributed by atoms with Crippen molar-refractivity contribution < 1.29 is 4.74 Å². The predicted octanol–water partition coefficient (Wildman–Crippen LogP) is 2.59. The molecule has 2 heterocycles. The Hall–Kier alpha value is -1.63. The molecule has 102 valence electrons. The van der Waals surface area contributed by atoms with Gasteiger partial charge in [0.2, 0.25) is 11.8 Å². The van der Waals surface area contributed by atoms with Crippen LogP contribution in [0.2, 0.25) is 0 Å². The summed E-state index contributed by atoms with van der Waals surface area (Å²) in [5.41, 5.74) is 3.16. The van der Waals surface area contributed by atoms with E-state index in [1.54, 1.807) is 6.20 Å². The number of H-pyrrole nitrogens is 1. The van der Waals surface area contributed by atoms with Crippen LogP contribution in [-0.4, -0.2) is 26.8 Å². The Balaban J connectivity index is 2.09. The first kappa shape index (κ1) is 13.8. The number of aromatic amines is 1. The average Bonchev–Trinajstić information content (AvgIpc) is 2.70. The fourth-order valence-corrected chi connectivity index (χ4v) is 1.98. The van der Waals surface area contributed by atoms with Gasteiger partial charge in [-0.15, -0.1) is 0 Å². The van der Waals surface area contributed by atoms with Crippen LogP contribution in [0.15, 0.2) is 10.7 Å². The summed E-state index contributed by atoms with van der Waals surface area (Å²) in [7, 11) is 0. The minimum absolute atomic E-state index is 0.534. The number of rotatable bonds is 5. The van der Waals surface area contributed by atoms with Gasteiger partial charge in [0.1, 0.15) is 0 Å². The molecule has 0 atom stereocenters. The number of aromatic nitrogens is 4. The number of anilines is 1. The zero-order valence-corrected chi connectivity index (χ0v) is 12.7. The van der Waals surface area contributed by atoms with Crippen LogP contribution in [0.3, 0.4) is 0 Å². The number of aryl methyl sites for hydroxylation is 2. The van der Waals surface area contributed by atoms with Crippen molar-refractivity contribution in [3.8, 4) is 5.88 Å². The zero-order chi connectivity index (χ0) is 13.8. The van der Waals surface area contributed by atoms with Crippen LogP contribution in [0.1, 0.15) is 23.9 Å². The maximum Gasteiger partial charge on any atom is 0.232 e. The molecule has 0 aromatic carbocycles. The molecule has 2 N–H and O–H groups in total. The van der Waals surface area contributed by atoms with E-state index in [0.29, 0.717) is 25.0 Å². The number of ether oxygens (including phenoxy) is 1. The van der Waals surface area contributed by atoms with Crippen LogP contribution in [0.4, 0.5) is 5.95 Å². The number of nitrogens with zero attached hydrogens (tertiary/aromatic N) is 3. The third-order valence-corrected chi connectivity index (χ3v) is 3.24. The molecular weight excluding hydrogens is 310 g/mol. The Bertz CT molecular complexity index is 550. The Kier molecular flexibility index (Phi) is 4.36. The smallest absolute Gasteiger partial charge is 0.232 e. The molecule has 0 aliphatic rings. The van der Waals surface area contributed by atoms with Crippen molar-refractivity contribution in [2.24, 2.45) is 0 Å². The van der Waals surface area contributed by atoms with E-state index in [1.165, 1.54) is 0 Å². The van der Waals surface area contributed by atoms with Crippen molar-refractivity contribution in [1.29, 1.82) is 0 Å². The molecule has 6 nitrogen and oxygen atoms in total. The van der Waals surface area contributed by atoms with Crippen molar-refractivity contribution in [2.75, 3.05) is 11.9 Å². The molecule has 0 aliphatic carbocycles. The monoisotopic (exact) mass is 325 g/mol. The molecule has 0 fully saturated rings. The van der Waals surface area contributed by atoms with Crippen LogP contribution in [0, 0.1) is 13.8 Å². The first-order chi connectivity index (χ1) is 9.11. The summed E-state index contributed by atoms with van der Waals surface area (Å²) in [6.07, 6.45) is 1.68. The summed E-state index contributed by atoms with van der Waals surface area (Å²) < 4.78 is 6.15. The second kappa shape index (κ2) is 6.01. The summed E-state index contributed by atoms with van der Waals surface area (Å²) in [6.45, 7) is 7.07. The molecular formula is C12H16BrN5O. The van der Waals surface area contributed by atoms with E-state index in [1.807, 2.05) is 20.8 Å². The van der Waals surface area contributed by atoms with Crippen LogP contribution < -0.4 is 10.1 Å². The second-order valence-corrected chi connectivity index (χ2v) is 4.90. The lowest BCUT2D eigenvalue weighted by atomic mass is 10.2. The maximum absolute atomic E-state index is 5.41. The minimum Gasteiger partial charge on any atom is -0.477 e. The summed E-state index contributed by atoms with van der Waals surface area (Å²) >= 11 is 3.35. The minimum atomic E-state index is 0.534. The van der Waals surface area contributed by atoms with Gasteiger partial charge in [0.25, 0.3) is 0 Å². The number of halogens is 1. The van der Waals surface area contributed by atoms with Gasteiger partial charge in [0, 0.05) is 17.8 Å². The van der Waals surface area contributed by atoms with Crippen molar-refractivity contribution in [3.63, 3.8) is 0 Å². The van der Waals surface area contributed by atoms with E-state index >= 15 is 0 Å². The Morgan fingerprint density at radius 1 is 1.42 bits per heavy atom. The van der Waals surface area contributed by atoms with Gasteiger partial charge in [0.05, 0.1) is 23.0 Å². The highest BCUT2D eigenvalue weighted by Crippen LogP contribution is 2.22. The molecule has 7 heteroatoms. The van der Waals surface area contributed by atoms with E-state index in [2.05, 4.69) is 41.4 Å². The summed E-state index contributed by atoms with van der Waals surface area (Å²) in [5, 5.41) is 10.3. The average molecular weight is 326 g/mol. The molecule has 19 heavy (non-hydrogen) atoms. The molecule has 0 aliphatic heterocycles. The summed E-state index contributed by atoms with van der Waals surface area (Å²) in [6, 6.07) is 0. The maximum atomic E-state index is 5.41. The first-order valence-corrected chi connectivity index (χ1v) is 6.80. The van der Waals surface area contributed by atoms with Gasteiger partial charge in [-0.25, -0.2) is 4.98 Å². The van der Waals surface area contributed by atoms with Crippen LogP contribution >= 0.6 is 15.9 Å². The molecule has 2 rings (SSSR count). The highest BCUT2D eigenvalue weighted by molar-refractivity contribution is 9.10. The molecule has 0 saturated carbocycles. The quantitative estimate of drug-likeness (QED) is 0.883. The molecule has 2 aromatic rings. The predicted molar refractivity (Wildman–Crippen MR) is 76.3 cm³/mol. The second-order valence-electron chi connectivity index (χ2n) is 4.05. The first-order valence-electron chi connectivity index (χ1n) is 6.01. The summed E-state index contributed by atoms with van der Waals surface area (Å²) in [5.74, 6) is 1.08. The Morgan fingerprint density at radius 3 is 2.84 bits per heavy atom. The molecule has 0 unspecified atom stereocenters. The SMILES string of the molecule is CCOc1nc(NCc2c(C)n[nH]c2C)ncc1Br. The molecule has 0 radical (unpaired) electrons. The van der Waals surface area contributed by atoms with Gasteiger partial charge in [-0.05, 0) is 36.7 Å². The number of hydrogen-bond acceptors (Lipinski definition) is 5. The Labute approximate surface area is 120 Å². The number of nitrogens with one attached hydrogen (secondary N) is 2. The van der Waals surface area contributed by atoms with E-state index in [4.69, 9.17) is 4.74 Å². The lowest BCUT2D eigenvalue weighted by Gasteiger charge is -2.08. The van der Waals surface area contributed by atoms with Gasteiger partial charge in [0.15, 0.2) is 0 Å². The number of hydrogen-bond donors (Lipinski definition) is 2. The lowest BCUT2D eigenvalue weighted by Crippen LogP contribution is -2.06. The standard InChI is InChI=1S/C12H16BrN5O/c1-4-19-11-10(13)6-15-12(16-11)14-5-9-7(2)17-18-8(9)3/h6H,4-5H2,1-3H3,(H,17,18)(H,14,15,16). The van der Waals surface area contributed by atoms with Crippen molar-refractivity contribution in [2.45, 2.75) is 27.3 Å². The van der Waals surface area contributed by atoms with E-state index in [9.17, 15) is 0 Å². The molecule has 0 spiro atoms. The lowest BCUT2D eigenvalue weighted by molar-refractivity contribution is 0.324. The van der Waals surface area contributed by atoms with Gasteiger partial charge in [-0.2, -0.15) is 10.1 Å².